The lowest BCUT2D eigenvalue weighted by atomic mass is 10.2. The van der Waals surface area contributed by atoms with Crippen molar-refractivity contribution in [1.29, 1.82) is 0 Å². The maximum absolute atomic E-state index is 6.22. The van der Waals surface area contributed by atoms with Crippen LogP contribution >= 0.6 is 23.4 Å². The number of aryl methyl sites for hydroxylation is 1. The van der Waals surface area contributed by atoms with Gasteiger partial charge < -0.3 is 4.74 Å². The van der Waals surface area contributed by atoms with Crippen LogP contribution in [0, 0.1) is 0 Å². The molecular weight excluding hydrogens is 268 g/mol. The number of hydrogen-bond acceptors (Lipinski definition) is 3. The molecule has 2 rings (SSSR count). The lowest BCUT2D eigenvalue weighted by Gasteiger charge is -2.10. The van der Waals surface area contributed by atoms with Crippen LogP contribution in [0.2, 0.25) is 5.02 Å². The molecule has 0 fully saturated rings. The van der Waals surface area contributed by atoms with Crippen LogP contribution in [0.15, 0.2) is 35.4 Å². The van der Waals surface area contributed by atoms with Gasteiger partial charge in [-0.05, 0) is 17.9 Å². The number of benzene rings is 1. The van der Waals surface area contributed by atoms with Crippen molar-refractivity contribution >= 4 is 23.4 Å². The second-order valence-corrected chi connectivity index (χ2v) is 5.48. The smallest absolute Gasteiger partial charge is 0.233 e. The minimum atomic E-state index is 0.443. The zero-order valence-electron chi connectivity index (χ0n) is 10.4. The van der Waals surface area contributed by atoms with E-state index in [4.69, 9.17) is 16.3 Å². The lowest BCUT2D eigenvalue weighted by Crippen LogP contribution is -1.99. The Hall–Kier alpha value is -1.13. The Balaban J connectivity index is 2.12. The van der Waals surface area contributed by atoms with E-state index in [0.717, 1.165) is 16.3 Å². The van der Waals surface area contributed by atoms with Crippen LogP contribution < -0.4 is 4.74 Å². The van der Waals surface area contributed by atoms with Gasteiger partial charge in [-0.15, -0.1) is 16.9 Å². The van der Waals surface area contributed by atoms with Crippen molar-refractivity contribution < 1.29 is 4.74 Å². The van der Waals surface area contributed by atoms with Crippen molar-refractivity contribution in [3.63, 3.8) is 0 Å². The van der Waals surface area contributed by atoms with E-state index in [0.29, 0.717) is 12.5 Å². The quantitative estimate of drug-likeness (QED) is 0.781. The molecule has 18 heavy (non-hydrogen) atoms. The molecule has 0 atom stereocenters. The molecule has 1 heterocycles. The molecule has 0 saturated heterocycles. The Bertz CT molecular complexity index is 527. The largest absolute Gasteiger partial charge is 0.472 e. The highest BCUT2D eigenvalue weighted by molar-refractivity contribution is 7.99. The van der Waals surface area contributed by atoms with E-state index >= 15 is 0 Å². The highest BCUT2D eigenvalue weighted by atomic mass is 35.5. The Morgan fingerprint density at radius 2 is 2.22 bits per heavy atom. The first-order chi connectivity index (χ1) is 8.70. The molecule has 96 valence electrons. The molecule has 0 saturated carbocycles. The molecule has 1 aromatic carbocycles. The molecule has 1 aromatic heterocycles. The summed E-state index contributed by atoms with van der Waals surface area (Å²) < 4.78 is 7.36. The Morgan fingerprint density at radius 1 is 1.39 bits per heavy atom. The highest BCUT2D eigenvalue weighted by Gasteiger charge is 2.08. The van der Waals surface area contributed by atoms with Crippen molar-refractivity contribution in [2.24, 2.45) is 7.05 Å². The Kier molecular flexibility index (Phi) is 4.55. The molecule has 2 aromatic rings. The summed E-state index contributed by atoms with van der Waals surface area (Å²) in [5, 5.41) is 4.92. The fourth-order valence-corrected chi connectivity index (χ4v) is 2.70. The van der Waals surface area contributed by atoms with Crippen molar-refractivity contribution in [3.05, 3.63) is 41.0 Å². The van der Waals surface area contributed by atoms with Crippen LogP contribution in [-0.4, -0.2) is 15.5 Å². The zero-order chi connectivity index (χ0) is 13.0. The van der Waals surface area contributed by atoms with E-state index < -0.39 is 0 Å². The first-order valence-electron chi connectivity index (χ1n) is 5.73. The van der Waals surface area contributed by atoms with Gasteiger partial charge in [-0.2, -0.15) is 0 Å². The van der Waals surface area contributed by atoms with Crippen LogP contribution in [-0.2, 0) is 13.7 Å². The second kappa shape index (κ2) is 6.16. The number of halogens is 1. The zero-order valence-corrected chi connectivity index (χ0v) is 12.0. The van der Waals surface area contributed by atoms with E-state index in [9.17, 15) is 0 Å². The second-order valence-electron chi connectivity index (χ2n) is 3.77. The van der Waals surface area contributed by atoms with Crippen molar-refractivity contribution in [2.75, 3.05) is 5.75 Å². The van der Waals surface area contributed by atoms with Gasteiger partial charge in [0.2, 0.25) is 5.88 Å². The maximum Gasteiger partial charge on any atom is 0.233 e. The van der Waals surface area contributed by atoms with E-state index in [1.807, 2.05) is 31.4 Å². The molecule has 0 unspecified atom stereocenters. The molecule has 0 spiro atoms. The maximum atomic E-state index is 6.22. The predicted octanol–water partition coefficient (Wildman–Crippen LogP) is 3.76. The Labute approximate surface area is 116 Å². The molecule has 0 aliphatic rings. The number of aromatic nitrogens is 2. The number of ether oxygens (including phenoxy) is 1. The van der Waals surface area contributed by atoms with Gasteiger partial charge in [0.05, 0.1) is 0 Å². The average molecular weight is 283 g/mol. The normalized spacial score (nSPS) is 10.6. The van der Waals surface area contributed by atoms with Gasteiger partial charge in [0.1, 0.15) is 6.61 Å². The van der Waals surface area contributed by atoms with E-state index in [1.54, 1.807) is 16.4 Å². The standard InChI is InChI=1S/C13H15ClN2OS/c1-3-18-12-6-4-5-11(14)10(12)9-17-13-7-8-16(2)15-13/h4-8H,3,9H2,1-2H3. The molecule has 0 amide bonds. The molecular formula is C13H15ClN2OS. The highest BCUT2D eigenvalue weighted by Crippen LogP contribution is 2.29. The minimum absolute atomic E-state index is 0.443. The minimum Gasteiger partial charge on any atom is -0.472 e. The van der Waals surface area contributed by atoms with Crippen LogP contribution in [0.25, 0.3) is 0 Å². The Morgan fingerprint density at radius 3 is 2.89 bits per heavy atom. The first-order valence-corrected chi connectivity index (χ1v) is 7.09. The van der Waals surface area contributed by atoms with Crippen LogP contribution in [0.5, 0.6) is 5.88 Å². The summed E-state index contributed by atoms with van der Waals surface area (Å²) in [5.74, 6) is 1.63. The van der Waals surface area contributed by atoms with Crippen molar-refractivity contribution in [2.45, 2.75) is 18.4 Å². The van der Waals surface area contributed by atoms with Crippen LogP contribution in [0.1, 0.15) is 12.5 Å². The molecule has 5 heteroatoms. The van der Waals surface area contributed by atoms with Crippen LogP contribution in [0.3, 0.4) is 0 Å². The summed E-state index contributed by atoms with van der Waals surface area (Å²) in [4.78, 5) is 1.17. The number of hydrogen-bond donors (Lipinski definition) is 0. The van der Waals surface area contributed by atoms with E-state index in [2.05, 4.69) is 18.1 Å². The van der Waals surface area contributed by atoms with E-state index in [-0.39, 0.29) is 0 Å². The average Bonchev–Trinajstić information content (AvgIpc) is 2.75. The predicted molar refractivity (Wildman–Crippen MR) is 75.4 cm³/mol. The number of rotatable bonds is 5. The number of thioether (sulfide) groups is 1. The van der Waals surface area contributed by atoms with Crippen molar-refractivity contribution in [1.82, 2.24) is 9.78 Å². The van der Waals surface area contributed by atoms with Crippen LogP contribution in [0.4, 0.5) is 0 Å². The topological polar surface area (TPSA) is 27.1 Å². The van der Waals surface area contributed by atoms with Gasteiger partial charge >= 0.3 is 0 Å². The van der Waals surface area contributed by atoms with Gasteiger partial charge in [0.25, 0.3) is 0 Å². The molecule has 0 aliphatic carbocycles. The summed E-state index contributed by atoms with van der Waals surface area (Å²) >= 11 is 7.98. The van der Waals surface area contributed by atoms with Gasteiger partial charge in [-0.3, -0.25) is 4.68 Å². The fraction of sp³-hybridized carbons (Fsp3) is 0.308. The van der Waals surface area contributed by atoms with Gasteiger partial charge in [0, 0.05) is 34.8 Å². The third-order valence-corrected chi connectivity index (χ3v) is 3.77. The summed E-state index contributed by atoms with van der Waals surface area (Å²) in [5.41, 5.74) is 1.02. The molecule has 0 N–H and O–H groups in total. The third kappa shape index (κ3) is 3.21. The summed E-state index contributed by atoms with van der Waals surface area (Å²) in [7, 11) is 1.86. The summed E-state index contributed by atoms with van der Waals surface area (Å²) in [6.07, 6.45) is 1.85. The lowest BCUT2D eigenvalue weighted by molar-refractivity contribution is 0.288. The van der Waals surface area contributed by atoms with Gasteiger partial charge in [-0.1, -0.05) is 24.6 Å². The number of nitrogens with zero attached hydrogens (tertiary/aromatic N) is 2. The summed E-state index contributed by atoms with van der Waals surface area (Å²) in [6, 6.07) is 7.75. The van der Waals surface area contributed by atoms with Gasteiger partial charge in [0.15, 0.2) is 0 Å². The van der Waals surface area contributed by atoms with E-state index in [1.165, 1.54) is 4.90 Å². The molecule has 0 bridgehead atoms. The van der Waals surface area contributed by atoms with Crippen molar-refractivity contribution in [3.8, 4) is 5.88 Å². The molecule has 3 nitrogen and oxygen atoms in total. The molecule has 0 radical (unpaired) electrons. The van der Waals surface area contributed by atoms with Gasteiger partial charge in [-0.25, -0.2) is 0 Å². The third-order valence-electron chi connectivity index (χ3n) is 2.43. The fourth-order valence-electron chi connectivity index (χ4n) is 1.59. The molecule has 0 aliphatic heterocycles. The summed E-state index contributed by atoms with van der Waals surface area (Å²) in [6.45, 7) is 2.56. The first kappa shape index (κ1) is 13.3. The monoisotopic (exact) mass is 282 g/mol. The SMILES string of the molecule is CCSc1cccc(Cl)c1COc1ccn(C)n1.